The third kappa shape index (κ3) is 2.20. The number of hydrogen-bond donors (Lipinski definition) is 0. The van der Waals surface area contributed by atoms with Crippen LogP contribution in [0.25, 0.3) is 0 Å². The predicted octanol–water partition coefficient (Wildman–Crippen LogP) is 4.07. The van der Waals surface area contributed by atoms with Crippen molar-refractivity contribution in [3.63, 3.8) is 0 Å². The number of carbonyl (C=O) groups excluding carboxylic acids is 1. The van der Waals surface area contributed by atoms with Crippen LogP contribution in [0.2, 0.25) is 20.2 Å². The van der Waals surface area contributed by atoms with E-state index in [4.69, 9.17) is 58.0 Å². The lowest BCUT2D eigenvalue weighted by atomic mass is 10.4. The molecule has 0 fully saturated rings. The van der Waals surface area contributed by atoms with E-state index in [-0.39, 0.29) is 25.9 Å². The SMILES string of the molecule is O=C(Cl)c1nc(Cl)c(Cl)c(Cl)c1Cl. The average molecular weight is 279 g/mol. The largest absolute Gasteiger partial charge is 0.274 e. The van der Waals surface area contributed by atoms with Gasteiger partial charge in [-0.05, 0) is 11.6 Å². The molecule has 0 spiro atoms. The van der Waals surface area contributed by atoms with E-state index in [1.165, 1.54) is 0 Å². The number of hydrogen-bond acceptors (Lipinski definition) is 2. The summed E-state index contributed by atoms with van der Waals surface area (Å²) in [5, 5.41) is -1.09. The molecule has 0 atom stereocenters. The van der Waals surface area contributed by atoms with Crippen molar-refractivity contribution in [2.45, 2.75) is 0 Å². The first-order chi connectivity index (χ1) is 5.95. The fourth-order valence-corrected chi connectivity index (χ4v) is 1.62. The van der Waals surface area contributed by atoms with Crippen LogP contribution in [-0.2, 0) is 0 Å². The Morgan fingerprint density at radius 3 is 2.00 bits per heavy atom. The van der Waals surface area contributed by atoms with Crippen molar-refractivity contribution < 1.29 is 4.79 Å². The van der Waals surface area contributed by atoms with Gasteiger partial charge in [-0.2, -0.15) is 0 Å². The first-order valence-electron chi connectivity index (χ1n) is 2.85. The summed E-state index contributed by atoms with van der Waals surface area (Å²) in [5.41, 5.74) is -0.206. The Morgan fingerprint density at radius 1 is 1.00 bits per heavy atom. The van der Waals surface area contributed by atoms with Gasteiger partial charge in [0.05, 0.1) is 15.1 Å². The lowest BCUT2D eigenvalue weighted by Gasteiger charge is -2.03. The van der Waals surface area contributed by atoms with Gasteiger partial charge in [0.2, 0.25) is 0 Å². The van der Waals surface area contributed by atoms with E-state index in [1.807, 2.05) is 0 Å². The quantitative estimate of drug-likeness (QED) is 0.573. The van der Waals surface area contributed by atoms with Gasteiger partial charge in [-0.1, -0.05) is 46.4 Å². The van der Waals surface area contributed by atoms with Gasteiger partial charge < -0.3 is 0 Å². The molecule has 1 aromatic heterocycles. The zero-order valence-electron chi connectivity index (χ0n) is 5.75. The van der Waals surface area contributed by atoms with Gasteiger partial charge in [0.15, 0.2) is 0 Å². The Kier molecular flexibility index (Phi) is 3.66. The number of nitrogens with zero attached hydrogens (tertiary/aromatic N) is 1. The van der Waals surface area contributed by atoms with Crippen LogP contribution in [-0.4, -0.2) is 10.2 Å². The second-order valence-corrected chi connectivity index (χ2v) is 3.80. The van der Waals surface area contributed by atoms with Crippen molar-refractivity contribution in [2.75, 3.05) is 0 Å². The average Bonchev–Trinajstić information content (AvgIpc) is 2.07. The maximum atomic E-state index is 10.7. The second-order valence-electron chi connectivity index (χ2n) is 1.97. The van der Waals surface area contributed by atoms with E-state index in [0.29, 0.717) is 0 Å². The topological polar surface area (TPSA) is 30.0 Å². The number of halogens is 5. The van der Waals surface area contributed by atoms with E-state index < -0.39 is 5.24 Å². The molecule has 0 radical (unpaired) electrons. The highest BCUT2D eigenvalue weighted by atomic mass is 35.5. The summed E-state index contributed by atoms with van der Waals surface area (Å²) < 4.78 is 0. The molecule has 0 saturated heterocycles. The maximum Gasteiger partial charge on any atom is 0.272 e. The van der Waals surface area contributed by atoms with Crippen molar-refractivity contribution >= 4 is 63.2 Å². The fraction of sp³-hybridized carbons (Fsp3) is 0. The van der Waals surface area contributed by atoms with Crippen molar-refractivity contribution in [2.24, 2.45) is 0 Å². The van der Waals surface area contributed by atoms with Crippen molar-refractivity contribution in [1.29, 1.82) is 0 Å². The van der Waals surface area contributed by atoms with Crippen LogP contribution in [0.5, 0.6) is 0 Å². The van der Waals surface area contributed by atoms with Gasteiger partial charge in [-0.15, -0.1) is 0 Å². The van der Waals surface area contributed by atoms with Crippen LogP contribution >= 0.6 is 58.0 Å². The van der Waals surface area contributed by atoms with Crippen LogP contribution in [0.3, 0.4) is 0 Å². The van der Waals surface area contributed by atoms with Gasteiger partial charge in [-0.3, -0.25) is 4.79 Å². The second kappa shape index (κ2) is 4.20. The monoisotopic (exact) mass is 277 g/mol. The molecule has 70 valence electrons. The summed E-state index contributed by atoms with van der Waals surface area (Å²) in [4.78, 5) is 14.3. The van der Waals surface area contributed by atoms with Gasteiger partial charge in [0.1, 0.15) is 10.8 Å². The molecule has 1 rings (SSSR count). The maximum absolute atomic E-state index is 10.7. The van der Waals surface area contributed by atoms with Crippen LogP contribution in [0.4, 0.5) is 0 Å². The minimum atomic E-state index is -0.842. The third-order valence-corrected chi connectivity index (χ3v) is 3.03. The standard InChI is InChI=1S/C6Cl5NO/c7-1-2(8)4(6(11)13)12-5(10)3(1)9. The normalized spacial score (nSPS) is 10.2. The Hall–Kier alpha value is 0.270. The van der Waals surface area contributed by atoms with Gasteiger partial charge in [-0.25, -0.2) is 4.98 Å². The molecule has 1 aromatic rings. The van der Waals surface area contributed by atoms with Gasteiger partial charge in [0.25, 0.3) is 5.24 Å². The van der Waals surface area contributed by atoms with Crippen LogP contribution in [0, 0.1) is 0 Å². The highest BCUT2D eigenvalue weighted by molar-refractivity contribution is 6.69. The van der Waals surface area contributed by atoms with Crippen molar-refractivity contribution in [3.8, 4) is 0 Å². The molecule has 0 aliphatic rings. The number of carbonyl (C=O) groups is 1. The van der Waals surface area contributed by atoms with Crippen LogP contribution in [0.15, 0.2) is 0 Å². The molecule has 13 heavy (non-hydrogen) atoms. The minimum Gasteiger partial charge on any atom is -0.274 e. The molecule has 0 aromatic carbocycles. The fourth-order valence-electron chi connectivity index (χ4n) is 0.617. The number of rotatable bonds is 1. The molecular formula is C6Cl5NO. The lowest BCUT2D eigenvalue weighted by molar-refractivity contribution is 0.107. The van der Waals surface area contributed by atoms with Crippen molar-refractivity contribution in [1.82, 2.24) is 4.98 Å². The number of aromatic nitrogens is 1. The molecule has 2 nitrogen and oxygen atoms in total. The third-order valence-electron chi connectivity index (χ3n) is 1.17. The van der Waals surface area contributed by atoms with E-state index >= 15 is 0 Å². The van der Waals surface area contributed by atoms with E-state index in [9.17, 15) is 4.79 Å². The van der Waals surface area contributed by atoms with Crippen LogP contribution < -0.4 is 0 Å². The summed E-state index contributed by atoms with van der Waals surface area (Å²) in [7, 11) is 0. The highest BCUT2D eigenvalue weighted by Gasteiger charge is 2.18. The smallest absolute Gasteiger partial charge is 0.272 e. The Labute approximate surface area is 98.7 Å². The Bertz CT molecular complexity index is 378. The summed E-state index contributed by atoms with van der Waals surface area (Å²) in [6.07, 6.45) is 0. The number of pyridine rings is 1. The van der Waals surface area contributed by atoms with Gasteiger partial charge in [0, 0.05) is 0 Å². The molecule has 0 unspecified atom stereocenters. The molecule has 7 heteroatoms. The van der Waals surface area contributed by atoms with Crippen LogP contribution in [0.1, 0.15) is 10.5 Å². The zero-order chi connectivity index (χ0) is 10.2. The van der Waals surface area contributed by atoms with E-state index in [0.717, 1.165) is 0 Å². The first-order valence-corrected chi connectivity index (χ1v) is 4.74. The molecule has 0 saturated carbocycles. The molecule has 0 bridgehead atoms. The predicted molar refractivity (Wildman–Crippen MR) is 54.5 cm³/mol. The summed E-state index contributed by atoms with van der Waals surface area (Å²) >= 11 is 27.5. The van der Waals surface area contributed by atoms with E-state index in [1.54, 1.807) is 0 Å². The van der Waals surface area contributed by atoms with Gasteiger partial charge >= 0.3 is 0 Å². The van der Waals surface area contributed by atoms with Crippen molar-refractivity contribution in [3.05, 3.63) is 25.9 Å². The Morgan fingerprint density at radius 2 is 1.54 bits per heavy atom. The summed E-state index contributed by atoms with van der Waals surface area (Å²) in [5.74, 6) is 0. The highest BCUT2D eigenvalue weighted by Crippen LogP contribution is 2.36. The minimum absolute atomic E-state index is 0.00463. The molecule has 1 heterocycles. The molecule has 0 amide bonds. The summed E-state index contributed by atoms with van der Waals surface area (Å²) in [6.45, 7) is 0. The molecular weight excluding hydrogens is 279 g/mol. The summed E-state index contributed by atoms with van der Waals surface area (Å²) in [6, 6.07) is 0. The molecule has 0 aliphatic heterocycles. The Balaban J connectivity index is 3.50. The zero-order valence-corrected chi connectivity index (χ0v) is 9.52. The lowest BCUT2D eigenvalue weighted by Crippen LogP contribution is -1.97. The first kappa shape index (κ1) is 11.3. The molecule has 0 aliphatic carbocycles. The molecule has 0 N–H and O–H groups in total. The van der Waals surface area contributed by atoms with E-state index in [2.05, 4.69) is 4.98 Å².